The molecule has 0 saturated carbocycles. The lowest BCUT2D eigenvalue weighted by atomic mass is 10.1. The Hall–Kier alpha value is -0.970. The van der Waals surface area contributed by atoms with Crippen LogP contribution in [0.4, 0.5) is 0 Å². The van der Waals surface area contributed by atoms with E-state index in [2.05, 4.69) is 37.4 Å². The van der Waals surface area contributed by atoms with E-state index < -0.39 is 0 Å². The molecule has 1 aromatic heterocycles. The van der Waals surface area contributed by atoms with Crippen molar-refractivity contribution in [2.45, 2.75) is 25.8 Å². The van der Waals surface area contributed by atoms with Gasteiger partial charge in [0.25, 0.3) is 0 Å². The van der Waals surface area contributed by atoms with Crippen molar-refractivity contribution < 1.29 is 4.74 Å². The third kappa shape index (κ3) is 2.16. The number of aryl methyl sites for hydroxylation is 1. The average Bonchev–Trinajstić information content (AvgIpc) is 2.94. The van der Waals surface area contributed by atoms with Gasteiger partial charge in [-0.3, -0.25) is 0 Å². The summed E-state index contributed by atoms with van der Waals surface area (Å²) in [5.74, 6) is 0.405. The quantitative estimate of drug-likeness (QED) is 0.923. The highest BCUT2D eigenvalue weighted by Crippen LogP contribution is 2.32. The molecule has 3 rings (SSSR count). The largest absolute Gasteiger partial charge is 0.379 e. The van der Waals surface area contributed by atoms with Gasteiger partial charge in [0.05, 0.1) is 29.3 Å². The van der Waals surface area contributed by atoms with E-state index in [9.17, 15) is 0 Å². The maximum absolute atomic E-state index is 5.60. The minimum Gasteiger partial charge on any atom is -0.379 e. The molecule has 4 heteroatoms. The number of hydrogen-bond donors (Lipinski definition) is 1. The molecule has 2 unspecified atom stereocenters. The first-order valence-electron chi connectivity index (χ1n) is 6.46. The van der Waals surface area contributed by atoms with E-state index >= 15 is 0 Å². The number of nitrogens with one attached hydrogen (secondary N) is 1. The summed E-state index contributed by atoms with van der Waals surface area (Å²) in [4.78, 5) is 4.79. The zero-order valence-electron chi connectivity index (χ0n) is 10.8. The summed E-state index contributed by atoms with van der Waals surface area (Å²) in [6, 6.07) is 6.89. The molecule has 96 valence electrons. The second kappa shape index (κ2) is 4.96. The summed E-state index contributed by atoms with van der Waals surface area (Å²) >= 11 is 1.80. The molecule has 0 spiro atoms. The number of aromatic nitrogens is 1. The monoisotopic (exact) mass is 262 g/mol. The van der Waals surface area contributed by atoms with Crippen LogP contribution in [0.25, 0.3) is 10.2 Å². The van der Waals surface area contributed by atoms with Gasteiger partial charge in [0.1, 0.15) is 5.01 Å². The molecule has 1 N–H and O–H groups in total. The van der Waals surface area contributed by atoms with E-state index in [1.807, 2.05) is 0 Å². The number of hydrogen-bond acceptors (Lipinski definition) is 4. The Morgan fingerprint density at radius 1 is 1.44 bits per heavy atom. The van der Waals surface area contributed by atoms with Crippen LogP contribution in [0.3, 0.4) is 0 Å². The third-order valence-electron chi connectivity index (χ3n) is 3.42. The highest BCUT2D eigenvalue weighted by molar-refractivity contribution is 7.18. The number of nitrogens with zero attached hydrogens (tertiary/aromatic N) is 1. The maximum Gasteiger partial charge on any atom is 0.101 e. The van der Waals surface area contributed by atoms with Crippen LogP contribution in [0.15, 0.2) is 18.2 Å². The molecule has 1 aliphatic heterocycles. The van der Waals surface area contributed by atoms with E-state index in [1.165, 1.54) is 15.3 Å². The maximum atomic E-state index is 5.60. The van der Waals surface area contributed by atoms with Gasteiger partial charge >= 0.3 is 0 Å². The normalized spacial score (nSPS) is 23.9. The van der Waals surface area contributed by atoms with E-state index in [1.54, 1.807) is 11.3 Å². The highest BCUT2D eigenvalue weighted by atomic mass is 32.1. The first-order chi connectivity index (χ1) is 8.78. The molecular weight excluding hydrogens is 244 g/mol. The van der Waals surface area contributed by atoms with Crippen molar-refractivity contribution in [1.82, 2.24) is 10.3 Å². The van der Waals surface area contributed by atoms with Gasteiger partial charge < -0.3 is 10.1 Å². The number of likely N-dealkylation sites (N-methyl/N-ethyl adjacent to an activating group) is 1. The van der Waals surface area contributed by atoms with Crippen LogP contribution in [0.2, 0.25) is 0 Å². The number of rotatable bonds is 3. The van der Waals surface area contributed by atoms with Crippen molar-refractivity contribution >= 4 is 21.6 Å². The molecule has 2 heterocycles. The average molecular weight is 262 g/mol. The molecular formula is C14H18N2OS. The van der Waals surface area contributed by atoms with Gasteiger partial charge in [0, 0.05) is 6.04 Å². The molecule has 1 saturated heterocycles. The molecule has 0 amide bonds. The van der Waals surface area contributed by atoms with E-state index in [0.717, 1.165) is 25.3 Å². The van der Waals surface area contributed by atoms with Gasteiger partial charge in [-0.05, 0) is 31.2 Å². The minimum absolute atomic E-state index is 0.405. The molecule has 3 nitrogen and oxygen atoms in total. The summed E-state index contributed by atoms with van der Waals surface area (Å²) in [7, 11) is 0. The van der Waals surface area contributed by atoms with Crippen molar-refractivity contribution in [1.29, 1.82) is 0 Å². The van der Waals surface area contributed by atoms with Crippen molar-refractivity contribution in [3.8, 4) is 0 Å². The lowest BCUT2D eigenvalue weighted by molar-refractivity contribution is 0.188. The van der Waals surface area contributed by atoms with Crippen LogP contribution >= 0.6 is 11.3 Å². The summed E-state index contributed by atoms with van der Waals surface area (Å²) < 4.78 is 6.88. The molecule has 0 aliphatic carbocycles. The Morgan fingerprint density at radius 2 is 2.33 bits per heavy atom. The number of fused-ring (bicyclic) bond motifs is 1. The highest BCUT2D eigenvalue weighted by Gasteiger charge is 2.31. The van der Waals surface area contributed by atoms with Gasteiger partial charge in [0.2, 0.25) is 0 Å². The van der Waals surface area contributed by atoms with Crippen molar-refractivity contribution in [3.63, 3.8) is 0 Å². The molecule has 1 fully saturated rings. The van der Waals surface area contributed by atoms with Gasteiger partial charge in [0.15, 0.2) is 0 Å². The van der Waals surface area contributed by atoms with Crippen LogP contribution < -0.4 is 5.32 Å². The smallest absolute Gasteiger partial charge is 0.101 e. The predicted octanol–water partition coefficient (Wildman–Crippen LogP) is 2.70. The van der Waals surface area contributed by atoms with Crippen LogP contribution in [0, 0.1) is 6.92 Å². The Kier molecular flexibility index (Phi) is 3.33. The second-order valence-corrected chi connectivity index (χ2v) is 5.89. The first kappa shape index (κ1) is 12.1. The van der Waals surface area contributed by atoms with Crippen molar-refractivity contribution in [3.05, 3.63) is 28.8 Å². The van der Waals surface area contributed by atoms with Crippen molar-refractivity contribution in [2.75, 3.05) is 19.8 Å². The van der Waals surface area contributed by atoms with Crippen LogP contribution in [0.5, 0.6) is 0 Å². The number of benzene rings is 1. The lowest BCUT2D eigenvalue weighted by Gasteiger charge is -2.15. The second-order valence-electron chi connectivity index (χ2n) is 4.83. The van der Waals surface area contributed by atoms with Gasteiger partial charge in [-0.25, -0.2) is 4.98 Å². The molecule has 2 atom stereocenters. The van der Waals surface area contributed by atoms with Crippen molar-refractivity contribution in [2.24, 2.45) is 0 Å². The van der Waals surface area contributed by atoms with Crippen LogP contribution in [-0.4, -0.2) is 30.8 Å². The first-order valence-corrected chi connectivity index (χ1v) is 7.28. The van der Waals surface area contributed by atoms with E-state index in [-0.39, 0.29) is 0 Å². The summed E-state index contributed by atoms with van der Waals surface area (Å²) in [5, 5.41) is 4.70. The Balaban J connectivity index is 1.93. The Bertz CT molecular complexity index is 552. The molecule has 1 aromatic carbocycles. The Labute approximate surface area is 111 Å². The molecule has 0 radical (unpaired) electrons. The SMILES string of the molecule is CCNC1COCC1c1nc2cc(C)ccc2s1. The molecule has 2 aromatic rings. The lowest BCUT2D eigenvalue weighted by Crippen LogP contribution is -2.34. The molecule has 0 bridgehead atoms. The summed E-state index contributed by atoms with van der Waals surface area (Å²) in [6.45, 7) is 6.81. The molecule has 18 heavy (non-hydrogen) atoms. The van der Waals surface area contributed by atoms with E-state index in [0.29, 0.717) is 12.0 Å². The zero-order chi connectivity index (χ0) is 12.5. The van der Waals surface area contributed by atoms with Gasteiger partial charge in [-0.1, -0.05) is 13.0 Å². The standard InChI is InChI=1S/C14H18N2OS/c1-3-15-12-8-17-7-10(12)14-16-11-6-9(2)4-5-13(11)18-14/h4-6,10,12,15H,3,7-8H2,1-2H3. The summed E-state index contributed by atoms with van der Waals surface area (Å²) in [5.41, 5.74) is 2.39. The third-order valence-corrected chi connectivity index (χ3v) is 4.59. The number of thiazole rings is 1. The van der Waals surface area contributed by atoms with E-state index in [4.69, 9.17) is 9.72 Å². The predicted molar refractivity (Wildman–Crippen MR) is 75.4 cm³/mol. The fraction of sp³-hybridized carbons (Fsp3) is 0.500. The molecule has 1 aliphatic rings. The van der Waals surface area contributed by atoms with Crippen LogP contribution in [-0.2, 0) is 4.74 Å². The van der Waals surface area contributed by atoms with Gasteiger partial charge in [-0.2, -0.15) is 0 Å². The van der Waals surface area contributed by atoms with Crippen LogP contribution in [0.1, 0.15) is 23.4 Å². The van der Waals surface area contributed by atoms with Gasteiger partial charge in [-0.15, -0.1) is 11.3 Å². The fourth-order valence-corrected chi connectivity index (χ4v) is 3.57. The summed E-state index contributed by atoms with van der Waals surface area (Å²) in [6.07, 6.45) is 0. The minimum atomic E-state index is 0.405. The number of ether oxygens (including phenoxy) is 1. The zero-order valence-corrected chi connectivity index (χ0v) is 11.6. The topological polar surface area (TPSA) is 34.1 Å². The fourth-order valence-electron chi connectivity index (χ4n) is 2.47. The Morgan fingerprint density at radius 3 is 3.17 bits per heavy atom.